The maximum atomic E-state index is 13.9. The molecule has 1 aliphatic rings. The van der Waals surface area contributed by atoms with Crippen molar-refractivity contribution in [3.8, 4) is 17.6 Å². The zero-order valence-electron chi connectivity index (χ0n) is 14.6. The van der Waals surface area contributed by atoms with Crippen molar-refractivity contribution in [1.82, 2.24) is 0 Å². The van der Waals surface area contributed by atoms with Crippen LogP contribution in [0.1, 0.15) is 35.3 Å². The maximum Gasteiger partial charge on any atom is 0.206 e. The summed E-state index contributed by atoms with van der Waals surface area (Å²) in [5, 5.41) is 9.43. The molecule has 0 unspecified atom stereocenters. The number of nitrogens with zero attached hydrogens (tertiary/aromatic N) is 1. The highest BCUT2D eigenvalue weighted by molar-refractivity contribution is 6.14. The van der Waals surface area contributed by atoms with E-state index in [0.717, 1.165) is 12.0 Å². The molecular weight excluding hydrogens is 333 g/mol. The summed E-state index contributed by atoms with van der Waals surface area (Å²) in [6, 6.07) is 11.1. The second kappa shape index (κ2) is 7.40. The summed E-state index contributed by atoms with van der Waals surface area (Å²) in [7, 11) is 0. The van der Waals surface area contributed by atoms with Crippen LogP contribution < -0.4 is 9.47 Å². The number of Topliss-reactive ketones (excluding diaryl/α,β-unsaturated/α-hetero) is 1. The number of benzene rings is 2. The molecule has 1 aliphatic heterocycles. The Balaban J connectivity index is 2.04. The lowest BCUT2D eigenvalue weighted by Gasteiger charge is -2.10. The Kier molecular flexibility index (Phi) is 5.04. The Bertz CT molecular complexity index is 927. The standard InChI is InChI=1S/C21H18FNO3/c1-3-25-19-10-14-8-13(2)26-20(14)11-15(19)9-16(12-23)21(24)17-6-4-5-7-18(17)22/h4-7,9-11,13H,3,8H2,1-2H3/b16-9+/t13-/m0/s1. The highest BCUT2D eigenvalue weighted by Crippen LogP contribution is 2.36. The minimum atomic E-state index is -0.664. The van der Waals surface area contributed by atoms with Gasteiger partial charge in [-0.05, 0) is 44.2 Å². The molecule has 132 valence electrons. The third-order valence-corrected chi connectivity index (χ3v) is 4.11. The fourth-order valence-electron chi connectivity index (χ4n) is 2.94. The van der Waals surface area contributed by atoms with Crippen LogP contribution in [0.2, 0.25) is 0 Å². The predicted octanol–water partition coefficient (Wildman–Crippen LogP) is 4.34. The van der Waals surface area contributed by atoms with Crippen molar-refractivity contribution < 1.29 is 18.7 Å². The van der Waals surface area contributed by atoms with E-state index in [1.165, 1.54) is 24.3 Å². The molecule has 0 amide bonds. The molecule has 2 aromatic carbocycles. The summed E-state index contributed by atoms with van der Waals surface area (Å²) in [5.41, 5.74) is 1.28. The summed E-state index contributed by atoms with van der Waals surface area (Å²) >= 11 is 0. The molecule has 0 spiro atoms. The van der Waals surface area contributed by atoms with Gasteiger partial charge in [0.15, 0.2) is 0 Å². The summed E-state index contributed by atoms with van der Waals surface area (Å²) in [6.45, 7) is 4.27. The lowest BCUT2D eigenvalue weighted by atomic mass is 10.00. The average Bonchev–Trinajstić information content (AvgIpc) is 2.98. The molecule has 1 atom stereocenters. The monoisotopic (exact) mass is 351 g/mol. The molecule has 0 saturated carbocycles. The molecule has 1 heterocycles. The second-order valence-corrected chi connectivity index (χ2v) is 6.04. The Morgan fingerprint density at radius 3 is 2.88 bits per heavy atom. The van der Waals surface area contributed by atoms with E-state index in [2.05, 4.69) is 0 Å². The molecule has 26 heavy (non-hydrogen) atoms. The van der Waals surface area contributed by atoms with Crippen molar-refractivity contribution in [2.45, 2.75) is 26.4 Å². The van der Waals surface area contributed by atoms with Crippen LogP contribution in [0.5, 0.6) is 11.5 Å². The zero-order valence-corrected chi connectivity index (χ0v) is 14.6. The van der Waals surface area contributed by atoms with Crippen molar-refractivity contribution in [3.63, 3.8) is 0 Å². The van der Waals surface area contributed by atoms with Crippen molar-refractivity contribution in [3.05, 3.63) is 64.5 Å². The number of nitriles is 1. The minimum absolute atomic E-state index is 0.0641. The van der Waals surface area contributed by atoms with Gasteiger partial charge in [0.25, 0.3) is 0 Å². The highest BCUT2D eigenvalue weighted by Gasteiger charge is 2.22. The first-order valence-electron chi connectivity index (χ1n) is 8.40. The fourth-order valence-corrected chi connectivity index (χ4v) is 2.94. The quantitative estimate of drug-likeness (QED) is 0.457. The molecule has 0 N–H and O–H groups in total. The van der Waals surface area contributed by atoms with Crippen LogP contribution in [0.25, 0.3) is 6.08 Å². The van der Waals surface area contributed by atoms with Crippen LogP contribution in [0.4, 0.5) is 4.39 Å². The summed E-state index contributed by atoms with van der Waals surface area (Å²) < 4.78 is 25.3. The topological polar surface area (TPSA) is 59.3 Å². The van der Waals surface area contributed by atoms with E-state index in [1.807, 2.05) is 26.0 Å². The van der Waals surface area contributed by atoms with E-state index in [0.29, 0.717) is 23.7 Å². The Hall–Kier alpha value is -3.13. The van der Waals surface area contributed by atoms with E-state index in [-0.39, 0.29) is 17.2 Å². The van der Waals surface area contributed by atoms with Gasteiger partial charge in [-0.15, -0.1) is 0 Å². The summed E-state index contributed by atoms with van der Waals surface area (Å²) in [4.78, 5) is 12.6. The average molecular weight is 351 g/mol. The first kappa shape index (κ1) is 17.7. The number of hydrogen-bond acceptors (Lipinski definition) is 4. The number of rotatable bonds is 5. The maximum absolute atomic E-state index is 13.9. The van der Waals surface area contributed by atoms with Gasteiger partial charge in [0.1, 0.15) is 35.1 Å². The smallest absolute Gasteiger partial charge is 0.206 e. The molecule has 0 aliphatic carbocycles. The molecule has 4 nitrogen and oxygen atoms in total. The highest BCUT2D eigenvalue weighted by atomic mass is 19.1. The normalized spacial score (nSPS) is 15.8. The third-order valence-electron chi connectivity index (χ3n) is 4.11. The lowest BCUT2D eigenvalue weighted by Crippen LogP contribution is -2.05. The van der Waals surface area contributed by atoms with Crippen molar-refractivity contribution in [1.29, 1.82) is 5.26 Å². The van der Waals surface area contributed by atoms with Crippen LogP contribution in [-0.2, 0) is 6.42 Å². The van der Waals surface area contributed by atoms with Gasteiger partial charge >= 0.3 is 0 Å². The summed E-state index contributed by atoms with van der Waals surface area (Å²) in [5.74, 6) is -0.0431. The van der Waals surface area contributed by atoms with Crippen LogP contribution in [0, 0.1) is 17.1 Å². The van der Waals surface area contributed by atoms with Crippen LogP contribution in [0.15, 0.2) is 42.0 Å². The molecule has 0 aromatic heterocycles. The number of halogens is 1. The van der Waals surface area contributed by atoms with E-state index >= 15 is 0 Å². The number of fused-ring (bicyclic) bond motifs is 1. The van der Waals surface area contributed by atoms with E-state index < -0.39 is 11.6 Å². The van der Waals surface area contributed by atoms with Crippen LogP contribution >= 0.6 is 0 Å². The van der Waals surface area contributed by atoms with Gasteiger partial charge in [-0.2, -0.15) is 5.26 Å². The molecule has 0 fully saturated rings. The van der Waals surface area contributed by atoms with E-state index in [9.17, 15) is 14.4 Å². The molecule has 3 rings (SSSR count). The molecule has 5 heteroatoms. The largest absolute Gasteiger partial charge is 0.493 e. The Morgan fingerprint density at radius 1 is 1.42 bits per heavy atom. The van der Waals surface area contributed by atoms with E-state index in [1.54, 1.807) is 12.1 Å². The minimum Gasteiger partial charge on any atom is -0.493 e. The lowest BCUT2D eigenvalue weighted by molar-refractivity contribution is 0.103. The first-order chi connectivity index (χ1) is 12.5. The zero-order chi connectivity index (χ0) is 18.7. The molecule has 2 aromatic rings. The molecule has 0 saturated heterocycles. The third kappa shape index (κ3) is 3.45. The number of ketones is 1. The van der Waals surface area contributed by atoms with Gasteiger partial charge in [0.2, 0.25) is 5.78 Å². The van der Waals surface area contributed by atoms with Gasteiger partial charge in [-0.1, -0.05) is 12.1 Å². The fraction of sp³-hybridized carbons (Fsp3) is 0.238. The number of ether oxygens (including phenoxy) is 2. The molecular formula is C21H18FNO3. The van der Waals surface area contributed by atoms with Crippen LogP contribution in [0.3, 0.4) is 0 Å². The van der Waals surface area contributed by atoms with Gasteiger partial charge in [0, 0.05) is 17.5 Å². The Labute approximate surface area is 151 Å². The molecule has 0 bridgehead atoms. The van der Waals surface area contributed by atoms with Gasteiger partial charge < -0.3 is 9.47 Å². The van der Waals surface area contributed by atoms with Crippen molar-refractivity contribution in [2.24, 2.45) is 0 Å². The summed E-state index contributed by atoms with van der Waals surface area (Å²) in [6.07, 6.45) is 2.26. The molecule has 0 radical (unpaired) electrons. The number of hydrogen-bond donors (Lipinski definition) is 0. The van der Waals surface area contributed by atoms with Gasteiger partial charge in [-0.25, -0.2) is 4.39 Å². The second-order valence-electron chi connectivity index (χ2n) is 6.04. The van der Waals surface area contributed by atoms with Crippen molar-refractivity contribution in [2.75, 3.05) is 6.61 Å². The van der Waals surface area contributed by atoms with Gasteiger partial charge in [0.05, 0.1) is 12.2 Å². The van der Waals surface area contributed by atoms with E-state index in [4.69, 9.17) is 9.47 Å². The number of allylic oxidation sites excluding steroid dienone is 1. The Morgan fingerprint density at radius 2 is 2.19 bits per heavy atom. The van der Waals surface area contributed by atoms with Crippen molar-refractivity contribution >= 4 is 11.9 Å². The van der Waals surface area contributed by atoms with Crippen LogP contribution in [-0.4, -0.2) is 18.5 Å². The SMILES string of the molecule is CCOc1cc2c(cc1/C=C(\C#N)C(=O)c1ccccc1F)O[C@@H](C)C2. The predicted molar refractivity (Wildman–Crippen MR) is 95.7 cm³/mol. The first-order valence-corrected chi connectivity index (χ1v) is 8.40. The van der Waals surface area contributed by atoms with Gasteiger partial charge in [-0.3, -0.25) is 4.79 Å². The number of carbonyl (C=O) groups excluding carboxylic acids is 1. The number of carbonyl (C=O) groups is 1.